The van der Waals surface area contributed by atoms with Crippen molar-refractivity contribution in [1.82, 2.24) is 4.98 Å². The van der Waals surface area contributed by atoms with E-state index in [-0.39, 0.29) is 6.61 Å². The van der Waals surface area contributed by atoms with Crippen molar-refractivity contribution in [3.63, 3.8) is 0 Å². The van der Waals surface area contributed by atoms with Gasteiger partial charge in [-0.15, -0.1) is 11.3 Å². The predicted octanol–water partition coefficient (Wildman–Crippen LogP) is 4.26. The number of aryl methyl sites for hydroxylation is 1. The van der Waals surface area contributed by atoms with Crippen LogP contribution in [0.4, 0.5) is 0 Å². The standard InChI is InChI=1S/C16H14N2O2S/c1-12-4-6-13(7-5-12)15-10-17-16(20-15)11-19-18-9-14-3-2-8-21-14/h2-10H,11H2,1H3. The number of oxazole rings is 1. The highest BCUT2D eigenvalue weighted by Gasteiger charge is 2.06. The number of thiophene rings is 1. The summed E-state index contributed by atoms with van der Waals surface area (Å²) >= 11 is 1.60. The molecule has 0 bridgehead atoms. The number of benzene rings is 1. The Morgan fingerprint density at radius 2 is 2.14 bits per heavy atom. The van der Waals surface area contributed by atoms with E-state index in [1.807, 2.05) is 41.8 Å². The largest absolute Gasteiger partial charge is 0.437 e. The zero-order chi connectivity index (χ0) is 14.5. The number of aromatic nitrogens is 1. The molecule has 0 saturated carbocycles. The average Bonchev–Trinajstić information content (AvgIpc) is 3.16. The van der Waals surface area contributed by atoms with Gasteiger partial charge in [0.1, 0.15) is 0 Å². The lowest BCUT2D eigenvalue weighted by molar-refractivity contribution is 0.113. The Labute approximate surface area is 126 Å². The van der Waals surface area contributed by atoms with Crippen LogP contribution < -0.4 is 0 Å². The van der Waals surface area contributed by atoms with Crippen molar-refractivity contribution in [3.8, 4) is 11.3 Å². The summed E-state index contributed by atoms with van der Waals surface area (Å²) < 4.78 is 5.64. The summed E-state index contributed by atoms with van der Waals surface area (Å²) in [4.78, 5) is 10.4. The van der Waals surface area contributed by atoms with Crippen molar-refractivity contribution in [1.29, 1.82) is 0 Å². The molecule has 5 heteroatoms. The second-order valence-corrected chi connectivity index (χ2v) is 5.49. The normalized spacial score (nSPS) is 11.1. The molecule has 0 aliphatic rings. The summed E-state index contributed by atoms with van der Waals surface area (Å²) in [6, 6.07) is 12.0. The number of hydrogen-bond acceptors (Lipinski definition) is 5. The number of oxime groups is 1. The maximum absolute atomic E-state index is 5.64. The first-order valence-corrected chi connectivity index (χ1v) is 7.40. The van der Waals surface area contributed by atoms with Crippen LogP contribution in [0.15, 0.2) is 57.5 Å². The molecule has 2 aromatic heterocycles. The Morgan fingerprint density at radius 1 is 1.29 bits per heavy atom. The molecule has 21 heavy (non-hydrogen) atoms. The third-order valence-corrected chi connectivity index (χ3v) is 3.68. The van der Waals surface area contributed by atoms with Crippen molar-refractivity contribution in [2.45, 2.75) is 13.5 Å². The van der Waals surface area contributed by atoms with Crippen LogP contribution in [0, 0.1) is 6.92 Å². The summed E-state index contributed by atoms with van der Waals surface area (Å²) in [5.74, 6) is 1.24. The van der Waals surface area contributed by atoms with Crippen LogP contribution in [0.2, 0.25) is 0 Å². The lowest BCUT2D eigenvalue weighted by Gasteiger charge is -1.97. The summed E-state index contributed by atoms with van der Waals surface area (Å²) in [7, 11) is 0. The van der Waals surface area contributed by atoms with Crippen LogP contribution >= 0.6 is 11.3 Å². The fourth-order valence-corrected chi connectivity index (χ4v) is 2.35. The fraction of sp³-hybridized carbons (Fsp3) is 0.125. The minimum atomic E-state index is 0.216. The number of rotatable bonds is 5. The smallest absolute Gasteiger partial charge is 0.235 e. The highest BCUT2D eigenvalue weighted by atomic mass is 32.1. The van der Waals surface area contributed by atoms with Crippen molar-refractivity contribution in [2.24, 2.45) is 5.16 Å². The van der Waals surface area contributed by atoms with Crippen LogP contribution in [0.3, 0.4) is 0 Å². The van der Waals surface area contributed by atoms with Crippen LogP contribution in [-0.4, -0.2) is 11.2 Å². The van der Waals surface area contributed by atoms with Gasteiger partial charge in [-0.1, -0.05) is 41.1 Å². The minimum Gasteiger partial charge on any atom is -0.437 e. The van der Waals surface area contributed by atoms with Crippen molar-refractivity contribution in [3.05, 3.63) is 64.3 Å². The van der Waals surface area contributed by atoms with Crippen LogP contribution in [-0.2, 0) is 11.4 Å². The van der Waals surface area contributed by atoms with E-state index in [0.29, 0.717) is 5.89 Å². The number of nitrogens with zero attached hydrogens (tertiary/aromatic N) is 2. The van der Waals surface area contributed by atoms with E-state index in [0.717, 1.165) is 16.2 Å². The molecule has 0 saturated heterocycles. The average molecular weight is 298 g/mol. The summed E-state index contributed by atoms with van der Waals surface area (Å²) in [5.41, 5.74) is 2.21. The van der Waals surface area contributed by atoms with Gasteiger partial charge in [0, 0.05) is 10.4 Å². The molecule has 3 aromatic rings. The monoisotopic (exact) mass is 298 g/mol. The maximum Gasteiger partial charge on any atom is 0.235 e. The van der Waals surface area contributed by atoms with E-state index in [2.05, 4.69) is 17.1 Å². The zero-order valence-electron chi connectivity index (χ0n) is 11.5. The van der Waals surface area contributed by atoms with Crippen molar-refractivity contribution in [2.75, 3.05) is 0 Å². The number of hydrogen-bond donors (Lipinski definition) is 0. The molecule has 0 aliphatic heterocycles. The van der Waals surface area contributed by atoms with E-state index in [4.69, 9.17) is 9.25 Å². The van der Waals surface area contributed by atoms with Crippen LogP contribution in [0.5, 0.6) is 0 Å². The van der Waals surface area contributed by atoms with Gasteiger partial charge in [0.05, 0.1) is 12.4 Å². The second-order valence-electron chi connectivity index (χ2n) is 4.51. The summed E-state index contributed by atoms with van der Waals surface area (Å²) in [6.07, 6.45) is 3.38. The molecule has 106 valence electrons. The highest BCUT2D eigenvalue weighted by Crippen LogP contribution is 2.21. The molecule has 0 spiro atoms. The molecule has 0 aliphatic carbocycles. The molecule has 0 N–H and O–H groups in total. The molecule has 3 rings (SSSR count). The zero-order valence-corrected chi connectivity index (χ0v) is 12.3. The Balaban J connectivity index is 1.59. The molecule has 0 fully saturated rings. The van der Waals surface area contributed by atoms with Gasteiger partial charge in [-0.2, -0.15) is 0 Å². The second kappa shape index (κ2) is 6.37. The third kappa shape index (κ3) is 3.58. The van der Waals surface area contributed by atoms with E-state index in [1.165, 1.54) is 5.56 Å². The lowest BCUT2D eigenvalue weighted by atomic mass is 10.1. The molecule has 0 radical (unpaired) electrons. The molecule has 0 atom stereocenters. The predicted molar refractivity (Wildman–Crippen MR) is 83.4 cm³/mol. The Kier molecular flexibility index (Phi) is 4.12. The molecule has 1 aromatic carbocycles. The van der Waals surface area contributed by atoms with Gasteiger partial charge in [0.25, 0.3) is 0 Å². The Hall–Kier alpha value is -2.40. The van der Waals surface area contributed by atoms with Gasteiger partial charge in [-0.05, 0) is 18.4 Å². The first-order valence-electron chi connectivity index (χ1n) is 6.52. The Morgan fingerprint density at radius 3 is 2.90 bits per heavy atom. The SMILES string of the molecule is Cc1ccc(-c2cnc(CON=Cc3cccs3)o2)cc1. The van der Waals surface area contributed by atoms with Crippen molar-refractivity contribution >= 4 is 17.6 Å². The maximum atomic E-state index is 5.64. The molecule has 4 nitrogen and oxygen atoms in total. The van der Waals surface area contributed by atoms with Gasteiger partial charge in [-0.25, -0.2) is 4.98 Å². The minimum absolute atomic E-state index is 0.216. The summed E-state index contributed by atoms with van der Waals surface area (Å²) in [6.45, 7) is 2.27. The third-order valence-electron chi connectivity index (χ3n) is 2.88. The van der Waals surface area contributed by atoms with Crippen LogP contribution in [0.1, 0.15) is 16.3 Å². The van der Waals surface area contributed by atoms with E-state index >= 15 is 0 Å². The van der Waals surface area contributed by atoms with Gasteiger partial charge in [-0.3, -0.25) is 0 Å². The molecular formula is C16H14N2O2S. The first-order chi connectivity index (χ1) is 10.3. The first kappa shape index (κ1) is 13.6. The summed E-state index contributed by atoms with van der Waals surface area (Å²) in [5, 5.41) is 5.88. The van der Waals surface area contributed by atoms with E-state index in [1.54, 1.807) is 23.7 Å². The van der Waals surface area contributed by atoms with Gasteiger partial charge in [0.15, 0.2) is 12.4 Å². The topological polar surface area (TPSA) is 47.6 Å². The Bertz CT molecular complexity index is 715. The quantitative estimate of drug-likeness (QED) is 0.522. The van der Waals surface area contributed by atoms with Gasteiger partial charge in [0.2, 0.25) is 5.89 Å². The van der Waals surface area contributed by atoms with Crippen molar-refractivity contribution < 1.29 is 9.25 Å². The van der Waals surface area contributed by atoms with Gasteiger partial charge < -0.3 is 9.25 Å². The molecule has 0 amide bonds. The van der Waals surface area contributed by atoms with Gasteiger partial charge >= 0.3 is 0 Å². The van der Waals surface area contributed by atoms with Crippen LogP contribution in [0.25, 0.3) is 11.3 Å². The highest BCUT2D eigenvalue weighted by molar-refractivity contribution is 7.11. The molecule has 2 heterocycles. The molecule has 0 unspecified atom stereocenters. The van der Waals surface area contributed by atoms with E-state index < -0.39 is 0 Å². The molecular weight excluding hydrogens is 284 g/mol. The lowest BCUT2D eigenvalue weighted by Crippen LogP contribution is -1.86. The fourth-order valence-electron chi connectivity index (χ4n) is 1.77. The van der Waals surface area contributed by atoms with E-state index in [9.17, 15) is 0 Å².